The Morgan fingerprint density at radius 1 is 1.11 bits per heavy atom. The van der Waals surface area contributed by atoms with E-state index in [2.05, 4.69) is 10.00 Å². The third kappa shape index (κ3) is 6.93. The lowest BCUT2D eigenvalue weighted by molar-refractivity contribution is -0.0647. The van der Waals surface area contributed by atoms with Gasteiger partial charge in [0.05, 0.1) is 33.1 Å². The molecule has 0 spiro atoms. The zero-order valence-electron chi connectivity index (χ0n) is 20.5. The standard InChI is InChI=1S/C26H31F2N3O5/c1-19-13-29-31(14-19)8-10-35-24-6-3-20(11-25(24)33-2)15-30-7-9-34-17-26(32,16-30)18-36-21-4-5-22(27)23(28)12-21/h3-6,11-14,32H,7-10,15-18H2,1-2H3. The van der Waals surface area contributed by atoms with Crippen LogP contribution in [0.1, 0.15) is 11.1 Å². The molecule has 194 valence electrons. The van der Waals surface area contributed by atoms with Crippen LogP contribution in [0.2, 0.25) is 0 Å². The van der Waals surface area contributed by atoms with Crippen LogP contribution in [-0.2, 0) is 17.8 Å². The molecule has 1 atom stereocenters. The van der Waals surface area contributed by atoms with E-state index in [0.717, 1.165) is 23.3 Å². The molecule has 2 aromatic carbocycles. The summed E-state index contributed by atoms with van der Waals surface area (Å²) in [6, 6.07) is 9.01. The number of nitrogens with zero attached hydrogens (tertiary/aromatic N) is 3. The molecule has 0 radical (unpaired) electrons. The number of benzene rings is 2. The van der Waals surface area contributed by atoms with Crippen LogP contribution >= 0.6 is 0 Å². The van der Waals surface area contributed by atoms with Gasteiger partial charge in [0.1, 0.15) is 24.6 Å². The smallest absolute Gasteiger partial charge is 0.162 e. The molecule has 36 heavy (non-hydrogen) atoms. The van der Waals surface area contributed by atoms with Crippen molar-refractivity contribution in [3.05, 3.63) is 71.6 Å². The Bertz CT molecular complexity index is 1160. The van der Waals surface area contributed by atoms with E-state index in [-0.39, 0.29) is 25.5 Å². The van der Waals surface area contributed by atoms with Gasteiger partial charge in [-0.05, 0) is 42.3 Å². The van der Waals surface area contributed by atoms with Gasteiger partial charge in [-0.1, -0.05) is 6.07 Å². The molecule has 1 unspecified atom stereocenters. The fraction of sp³-hybridized carbons (Fsp3) is 0.423. The van der Waals surface area contributed by atoms with Gasteiger partial charge in [0.2, 0.25) is 0 Å². The second-order valence-corrected chi connectivity index (χ2v) is 8.97. The van der Waals surface area contributed by atoms with Crippen LogP contribution in [-0.4, -0.2) is 72.0 Å². The maximum absolute atomic E-state index is 13.5. The van der Waals surface area contributed by atoms with E-state index >= 15 is 0 Å². The first-order valence-corrected chi connectivity index (χ1v) is 11.7. The summed E-state index contributed by atoms with van der Waals surface area (Å²) in [5.41, 5.74) is 0.755. The highest BCUT2D eigenvalue weighted by Gasteiger charge is 2.33. The summed E-state index contributed by atoms with van der Waals surface area (Å²) < 4.78 is 51.1. The van der Waals surface area contributed by atoms with E-state index in [9.17, 15) is 13.9 Å². The van der Waals surface area contributed by atoms with Crippen LogP contribution < -0.4 is 14.2 Å². The molecule has 0 bridgehead atoms. The zero-order chi connectivity index (χ0) is 25.5. The number of aryl methyl sites for hydroxylation is 1. The Kier molecular flexibility index (Phi) is 8.40. The molecule has 1 N–H and O–H groups in total. The van der Waals surface area contributed by atoms with E-state index in [0.29, 0.717) is 44.3 Å². The average molecular weight is 504 g/mol. The SMILES string of the molecule is COc1cc(CN2CCOCC(O)(COc3ccc(F)c(F)c3)C2)ccc1OCCn1cc(C)cn1. The first-order valence-electron chi connectivity index (χ1n) is 11.7. The van der Waals surface area contributed by atoms with Crippen molar-refractivity contribution in [1.82, 2.24) is 14.7 Å². The summed E-state index contributed by atoms with van der Waals surface area (Å²) in [4.78, 5) is 2.05. The number of hydrogen-bond acceptors (Lipinski definition) is 7. The molecule has 8 nitrogen and oxygen atoms in total. The number of methoxy groups -OCH3 is 1. The Labute approximate surface area is 209 Å². The van der Waals surface area contributed by atoms with E-state index in [1.165, 1.54) is 6.07 Å². The second kappa shape index (κ2) is 11.7. The van der Waals surface area contributed by atoms with Crippen LogP contribution in [0, 0.1) is 18.6 Å². The first kappa shape index (κ1) is 25.9. The number of aliphatic hydroxyl groups is 1. The highest BCUT2D eigenvalue weighted by atomic mass is 19.2. The van der Waals surface area contributed by atoms with E-state index in [4.69, 9.17) is 18.9 Å². The fourth-order valence-electron chi connectivity index (χ4n) is 4.03. The van der Waals surface area contributed by atoms with Gasteiger partial charge in [-0.3, -0.25) is 9.58 Å². The molecule has 0 saturated carbocycles. The molecule has 1 fully saturated rings. The third-order valence-electron chi connectivity index (χ3n) is 5.81. The highest BCUT2D eigenvalue weighted by Crippen LogP contribution is 2.29. The number of aromatic nitrogens is 2. The lowest BCUT2D eigenvalue weighted by Crippen LogP contribution is -2.48. The molecular weight excluding hydrogens is 472 g/mol. The summed E-state index contributed by atoms with van der Waals surface area (Å²) in [5.74, 6) is -0.560. The molecule has 10 heteroatoms. The van der Waals surface area contributed by atoms with Crippen LogP contribution in [0.25, 0.3) is 0 Å². The van der Waals surface area contributed by atoms with Gasteiger partial charge in [0.25, 0.3) is 0 Å². The van der Waals surface area contributed by atoms with Gasteiger partial charge in [-0.15, -0.1) is 0 Å². The summed E-state index contributed by atoms with van der Waals surface area (Å²) in [5, 5.41) is 15.4. The van der Waals surface area contributed by atoms with E-state index < -0.39 is 17.2 Å². The number of halogens is 2. The monoisotopic (exact) mass is 503 g/mol. The minimum atomic E-state index is -1.32. The number of ether oxygens (including phenoxy) is 4. The van der Waals surface area contributed by atoms with Gasteiger partial charge >= 0.3 is 0 Å². The second-order valence-electron chi connectivity index (χ2n) is 8.97. The van der Waals surface area contributed by atoms with E-state index in [1.807, 2.05) is 36.0 Å². The van der Waals surface area contributed by atoms with Crippen molar-refractivity contribution in [3.8, 4) is 17.2 Å². The lowest BCUT2D eigenvalue weighted by Gasteiger charge is -2.30. The number of β-amino-alcohol motifs (C(OH)–C–C–N with tert-alkyl or cyclic N) is 1. The summed E-state index contributed by atoms with van der Waals surface area (Å²) in [6.07, 6.45) is 3.76. The van der Waals surface area contributed by atoms with Crippen molar-refractivity contribution in [1.29, 1.82) is 0 Å². The van der Waals surface area contributed by atoms with Crippen molar-refractivity contribution in [2.75, 3.05) is 46.6 Å². The highest BCUT2D eigenvalue weighted by molar-refractivity contribution is 5.43. The van der Waals surface area contributed by atoms with Crippen LogP contribution in [0.15, 0.2) is 48.8 Å². The average Bonchev–Trinajstić information content (AvgIpc) is 3.18. The van der Waals surface area contributed by atoms with Crippen molar-refractivity contribution >= 4 is 0 Å². The maximum atomic E-state index is 13.5. The van der Waals surface area contributed by atoms with Gasteiger partial charge in [-0.25, -0.2) is 8.78 Å². The summed E-state index contributed by atoms with van der Waals surface area (Å²) in [6.45, 7) is 4.88. The van der Waals surface area contributed by atoms with Gasteiger partial charge in [0.15, 0.2) is 23.1 Å². The van der Waals surface area contributed by atoms with Crippen molar-refractivity contribution < 1.29 is 32.8 Å². The molecule has 1 aromatic heterocycles. The number of hydrogen-bond donors (Lipinski definition) is 1. The Morgan fingerprint density at radius 3 is 2.72 bits per heavy atom. The Hall–Kier alpha value is -3.21. The van der Waals surface area contributed by atoms with Crippen LogP contribution in [0.4, 0.5) is 8.78 Å². The molecule has 1 aliphatic rings. The summed E-state index contributed by atoms with van der Waals surface area (Å²) in [7, 11) is 1.59. The minimum Gasteiger partial charge on any atom is -0.493 e. The molecular formula is C26H31F2N3O5. The molecule has 0 amide bonds. The van der Waals surface area contributed by atoms with Gasteiger partial charge in [0, 0.05) is 31.9 Å². The zero-order valence-corrected chi connectivity index (χ0v) is 20.5. The summed E-state index contributed by atoms with van der Waals surface area (Å²) >= 11 is 0. The third-order valence-corrected chi connectivity index (χ3v) is 5.81. The predicted octanol–water partition coefficient (Wildman–Crippen LogP) is 3.20. The number of rotatable bonds is 10. The predicted molar refractivity (Wildman–Crippen MR) is 128 cm³/mol. The lowest BCUT2D eigenvalue weighted by atomic mass is 10.1. The normalized spacial score (nSPS) is 18.6. The van der Waals surface area contributed by atoms with Gasteiger partial charge < -0.3 is 24.1 Å². The quantitative estimate of drug-likeness (QED) is 0.455. The fourth-order valence-corrected chi connectivity index (χ4v) is 4.03. The van der Waals surface area contributed by atoms with Gasteiger partial charge in [-0.2, -0.15) is 5.10 Å². The maximum Gasteiger partial charge on any atom is 0.162 e. The molecule has 3 aromatic rings. The van der Waals surface area contributed by atoms with Crippen LogP contribution in [0.3, 0.4) is 0 Å². The molecule has 1 saturated heterocycles. The Balaban J connectivity index is 1.35. The molecule has 0 aliphatic carbocycles. The van der Waals surface area contributed by atoms with Crippen LogP contribution in [0.5, 0.6) is 17.2 Å². The first-order chi connectivity index (χ1) is 17.3. The Morgan fingerprint density at radius 2 is 1.97 bits per heavy atom. The van der Waals surface area contributed by atoms with Crippen molar-refractivity contribution in [3.63, 3.8) is 0 Å². The molecule has 4 rings (SSSR count). The van der Waals surface area contributed by atoms with Crippen molar-refractivity contribution in [2.45, 2.75) is 25.6 Å². The molecule has 2 heterocycles. The van der Waals surface area contributed by atoms with E-state index in [1.54, 1.807) is 13.3 Å². The minimum absolute atomic E-state index is 0.0685. The topological polar surface area (TPSA) is 78.2 Å². The van der Waals surface area contributed by atoms with Crippen molar-refractivity contribution in [2.24, 2.45) is 0 Å². The molecule has 1 aliphatic heterocycles. The largest absolute Gasteiger partial charge is 0.493 e.